The molecular weight excluding hydrogens is 342 g/mol. The Bertz CT molecular complexity index is 820. The zero-order chi connectivity index (χ0) is 19.4. The number of amides is 1. The van der Waals surface area contributed by atoms with Crippen molar-refractivity contribution < 1.29 is 14.1 Å². The molecule has 1 aromatic carbocycles. The molecule has 0 saturated carbocycles. The summed E-state index contributed by atoms with van der Waals surface area (Å²) in [5, 5.41) is 6.50. The highest BCUT2D eigenvalue weighted by Crippen LogP contribution is 2.24. The molecule has 1 aliphatic rings. The minimum atomic E-state index is -0.0724. The lowest BCUT2D eigenvalue weighted by atomic mass is 9.87. The summed E-state index contributed by atoms with van der Waals surface area (Å²) in [6.45, 7) is 8.21. The quantitative estimate of drug-likeness (QED) is 0.789. The average molecular weight is 369 g/mol. The first-order valence-corrected chi connectivity index (χ1v) is 9.49. The van der Waals surface area contributed by atoms with Crippen LogP contribution in [0.1, 0.15) is 46.5 Å². The summed E-state index contributed by atoms with van der Waals surface area (Å²) in [4.78, 5) is 27.1. The van der Waals surface area contributed by atoms with Crippen LogP contribution in [-0.4, -0.2) is 41.4 Å². The average Bonchev–Trinajstić information content (AvgIpc) is 3.04. The van der Waals surface area contributed by atoms with Crippen LogP contribution < -0.4 is 5.32 Å². The van der Waals surface area contributed by atoms with Crippen LogP contribution in [0.15, 0.2) is 28.8 Å². The second-order valence-electron chi connectivity index (χ2n) is 7.42. The molecule has 2 aromatic rings. The van der Waals surface area contributed by atoms with Gasteiger partial charge in [0, 0.05) is 30.5 Å². The van der Waals surface area contributed by atoms with E-state index >= 15 is 0 Å². The van der Waals surface area contributed by atoms with Crippen LogP contribution in [0.4, 0.5) is 5.82 Å². The van der Waals surface area contributed by atoms with Gasteiger partial charge in [0.15, 0.2) is 11.6 Å². The first kappa shape index (κ1) is 19.3. The van der Waals surface area contributed by atoms with E-state index in [1.807, 2.05) is 26.0 Å². The topological polar surface area (TPSA) is 75.4 Å². The van der Waals surface area contributed by atoms with E-state index < -0.39 is 0 Å². The van der Waals surface area contributed by atoms with Crippen molar-refractivity contribution >= 4 is 17.5 Å². The van der Waals surface area contributed by atoms with Crippen LogP contribution in [0.25, 0.3) is 0 Å². The number of likely N-dealkylation sites (tertiary alicyclic amines) is 1. The Kier molecular flexibility index (Phi) is 6.06. The van der Waals surface area contributed by atoms with Crippen LogP contribution in [0.3, 0.4) is 0 Å². The molecule has 1 aliphatic heterocycles. The second kappa shape index (κ2) is 8.48. The Morgan fingerprint density at radius 2 is 1.93 bits per heavy atom. The van der Waals surface area contributed by atoms with E-state index in [2.05, 4.69) is 21.4 Å². The predicted molar refractivity (Wildman–Crippen MR) is 104 cm³/mol. The minimum absolute atomic E-state index is 0.0724. The smallest absolute Gasteiger partial charge is 0.226 e. The molecule has 1 aromatic heterocycles. The Balaban J connectivity index is 1.44. The molecule has 6 nitrogen and oxygen atoms in total. The van der Waals surface area contributed by atoms with Crippen molar-refractivity contribution in [3.63, 3.8) is 0 Å². The Morgan fingerprint density at radius 3 is 2.56 bits per heavy atom. The predicted octanol–water partition coefficient (Wildman–Crippen LogP) is 3.52. The number of nitrogens with one attached hydrogen (secondary N) is 1. The van der Waals surface area contributed by atoms with E-state index in [1.54, 1.807) is 13.0 Å². The molecule has 6 heteroatoms. The van der Waals surface area contributed by atoms with Crippen LogP contribution in [0, 0.1) is 26.7 Å². The van der Waals surface area contributed by atoms with E-state index in [-0.39, 0.29) is 17.6 Å². The van der Waals surface area contributed by atoms with Crippen LogP contribution in [-0.2, 0) is 4.79 Å². The summed E-state index contributed by atoms with van der Waals surface area (Å²) >= 11 is 0. The SMILES string of the molecule is Cc1ccc(C(=O)C2CCN(CCC(=O)Nc3cc(C)on3)CC2)c(C)c1. The number of ketones is 1. The number of anilines is 1. The van der Waals surface area contributed by atoms with Gasteiger partial charge < -0.3 is 14.7 Å². The van der Waals surface area contributed by atoms with Crippen LogP contribution in [0.5, 0.6) is 0 Å². The molecule has 27 heavy (non-hydrogen) atoms. The molecule has 0 radical (unpaired) electrons. The molecular formula is C21H27N3O3. The summed E-state index contributed by atoms with van der Waals surface area (Å²) < 4.78 is 4.94. The van der Waals surface area contributed by atoms with Crippen LogP contribution >= 0.6 is 0 Å². The highest BCUT2D eigenvalue weighted by Gasteiger charge is 2.26. The minimum Gasteiger partial charge on any atom is -0.360 e. The normalized spacial score (nSPS) is 15.7. The summed E-state index contributed by atoms with van der Waals surface area (Å²) in [6, 6.07) is 7.72. The van der Waals surface area contributed by atoms with Crippen molar-refractivity contribution in [1.82, 2.24) is 10.1 Å². The second-order valence-corrected chi connectivity index (χ2v) is 7.42. The number of benzene rings is 1. The van der Waals surface area contributed by atoms with Gasteiger partial charge in [-0.1, -0.05) is 28.9 Å². The van der Waals surface area contributed by atoms with Gasteiger partial charge in [0.1, 0.15) is 5.76 Å². The maximum absolute atomic E-state index is 12.8. The van der Waals surface area contributed by atoms with Gasteiger partial charge in [-0.05, 0) is 52.3 Å². The summed E-state index contributed by atoms with van der Waals surface area (Å²) in [5.41, 5.74) is 3.08. The molecule has 1 N–H and O–H groups in total. The fourth-order valence-corrected chi connectivity index (χ4v) is 3.62. The molecule has 1 fully saturated rings. The number of carbonyl (C=O) groups is 2. The van der Waals surface area contributed by atoms with Gasteiger partial charge in [-0.2, -0.15) is 0 Å². The molecule has 0 spiro atoms. The Morgan fingerprint density at radius 1 is 1.19 bits per heavy atom. The van der Waals surface area contributed by atoms with E-state index in [4.69, 9.17) is 4.52 Å². The third-order valence-electron chi connectivity index (χ3n) is 5.16. The number of nitrogens with zero attached hydrogens (tertiary/aromatic N) is 2. The van der Waals surface area contributed by atoms with E-state index in [0.29, 0.717) is 24.5 Å². The van der Waals surface area contributed by atoms with E-state index in [0.717, 1.165) is 37.1 Å². The number of aryl methyl sites for hydroxylation is 3. The standard InChI is InChI=1S/C21H27N3O3/c1-14-4-5-18(15(2)12-14)21(26)17-6-9-24(10-7-17)11-8-20(25)22-19-13-16(3)27-23-19/h4-5,12-13,17H,6-11H2,1-3H3,(H,22,23,25). The maximum atomic E-state index is 12.8. The number of hydrogen-bond donors (Lipinski definition) is 1. The number of Topliss-reactive ketones (excluding diaryl/α,β-unsaturated/α-hetero) is 1. The zero-order valence-corrected chi connectivity index (χ0v) is 16.2. The zero-order valence-electron chi connectivity index (χ0n) is 16.2. The first-order chi connectivity index (χ1) is 12.9. The number of hydrogen-bond acceptors (Lipinski definition) is 5. The number of rotatable bonds is 6. The molecule has 0 bridgehead atoms. The third-order valence-corrected chi connectivity index (χ3v) is 5.16. The Labute approximate surface area is 159 Å². The monoisotopic (exact) mass is 369 g/mol. The first-order valence-electron chi connectivity index (χ1n) is 9.49. The van der Waals surface area contributed by atoms with Crippen molar-refractivity contribution in [1.29, 1.82) is 0 Å². The van der Waals surface area contributed by atoms with Gasteiger partial charge in [-0.15, -0.1) is 0 Å². The van der Waals surface area contributed by atoms with Gasteiger partial charge in [-0.25, -0.2) is 0 Å². The van der Waals surface area contributed by atoms with E-state index in [9.17, 15) is 9.59 Å². The lowest BCUT2D eigenvalue weighted by Gasteiger charge is -2.31. The fourth-order valence-electron chi connectivity index (χ4n) is 3.62. The van der Waals surface area contributed by atoms with Gasteiger partial charge in [0.25, 0.3) is 0 Å². The lowest BCUT2D eigenvalue weighted by molar-refractivity contribution is -0.116. The molecule has 3 rings (SSSR count). The van der Waals surface area contributed by atoms with Crippen molar-refractivity contribution in [2.24, 2.45) is 5.92 Å². The third kappa shape index (κ3) is 5.04. The van der Waals surface area contributed by atoms with Crippen molar-refractivity contribution in [3.05, 3.63) is 46.7 Å². The molecule has 0 unspecified atom stereocenters. The largest absolute Gasteiger partial charge is 0.360 e. The van der Waals surface area contributed by atoms with Gasteiger partial charge in [0.05, 0.1) is 0 Å². The molecule has 144 valence electrons. The maximum Gasteiger partial charge on any atom is 0.226 e. The highest BCUT2D eigenvalue weighted by molar-refractivity contribution is 5.99. The lowest BCUT2D eigenvalue weighted by Crippen LogP contribution is -2.38. The Hall–Kier alpha value is -2.47. The molecule has 0 aliphatic carbocycles. The highest BCUT2D eigenvalue weighted by atomic mass is 16.5. The van der Waals surface area contributed by atoms with Gasteiger partial charge >= 0.3 is 0 Å². The number of piperidine rings is 1. The van der Waals surface area contributed by atoms with Crippen molar-refractivity contribution in [2.75, 3.05) is 25.0 Å². The van der Waals surface area contributed by atoms with Gasteiger partial charge in [0.2, 0.25) is 5.91 Å². The summed E-state index contributed by atoms with van der Waals surface area (Å²) in [6.07, 6.45) is 2.09. The van der Waals surface area contributed by atoms with Crippen molar-refractivity contribution in [2.45, 2.75) is 40.0 Å². The molecule has 1 saturated heterocycles. The summed E-state index contributed by atoms with van der Waals surface area (Å²) in [7, 11) is 0. The molecule has 2 heterocycles. The fraction of sp³-hybridized carbons (Fsp3) is 0.476. The van der Waals surface area contributed by atoms with Crippen LogP contribution in [0.2, 0.25) is 0 Å². The molecule has 0 atom stereocenters. The van der Waals surface area contributed by atoms with E-state index in [1.165, 1.54) is 5.56 Å². The van der Waals surface area contributed by atoms with Crippen molar-refractivity contribution in [3.8, 4) is 0 Å². The number of carbonyl (C=O) groups excluding carboxylic acids is 2. The number of aromatic nitrogens is 1. The molecule has 1 amide bonds. The summed E-state index contributed by atoms with van der Waals surface area (Å²) in [5.74, 6) is 1.38. The van der Waals surface area contributed by atoms with Gasteiger partial charge in [-0.3, -0.25) is 9.59 Å².